The number of hydrogen-bond acceptors (Lipinski definition) is 3. The largest absolute Gasteiger partial charge is 0.324 e. The predicted molar refractivity (Wildman–Crippen MR) is 106 cm³/mol. The molecule has 0 saturated carbocycles. The molecule has 3 aromatic carbocycles. The highest BCUT2D eigenvalue weighted by atomic mass is 19.1. The normalized spacial score (nSPS) is 10.8. The SMILES string of the molecule is O=C(Cn1cnc(-c2ccccc2F)cc1=O)Nc1cccc2ccccc12. The molecule has 0 fully saturated rings. The van der Waals surface area contributed by atoms with E-state index < -0.39 is 11.4 Å². The molecule has 4 aromatic rings. The molecule has 0 spiro atoms. The summed E-state index contributed by atoms with van der Waals surface area (Å²) in [6.07, 6.45) is 1.26. The second-order valence-electron chi connectivity index (χ2n) is 6.30. The molecule has 5 nitrogen and oxygen atoms in total. The Morgan fingerprint density at radius 1 is 1.00 bits per heavy atom. The fourth-order valence-electron chi connectivity index (χ4n) is 3.04. The van der Waals surface area contributed by atoms with Crippen molar-refractivity contribution in [2.45, 2.75) is 6.54 Å². The van der Waals surface area contributed by atoms with Crippen LogP contribution in [0.3, 0.4) is 0 Å². The van der Waals surface area contributed by atoms with Gasteiger partial charge in [0.1, 0.15) is 12.4 Å². The molecule has 0 aliphatic rings. The quantitative estimate of drug-likeness (QED) is 0.591. The van der Waals surface area contributed by atoms with Crippen LogP contribution in [0.2, 0.25) is 0 Å². The Morgan fingerprint density at radius 3 is 2.57 bits per heavy atom. The summed E-state index contributed by atoms with van der Waals surface area (Å²) in [7, 11) is 0. The van der Waals surface area contributed by atoms with Gasteiger partial charge in [0.25, 0.3) is 5.56 Å². The number of nitrogens with one attached hydrogen (secondary N) is 1. The number of hydrogen-bond donors (Lipinski definition) is 1. The lowest BCUT2D eigenvalue weighted by atomic mass is 10.1. The van der Waals surface area contributed by atoms with Crippen LogP contribution in [0.5, 0.6) is 0 Å². The number of benzene rings is 3. The van der Waals surface area contributed by atoms with E-state index in [2.05, 4.69) is 10.3 Å². The lowest BCUT2D eigenvalue weighted by Crippen LogP contribution is -2.27. The lowest BCUT2D eigenvalue weighted by molar-refractivity contribution is -0.116. The molecule has 0 atom stereocenters. The summed E-state index contributed by atoms with van der Waals surface area (Å²) >= 11 is 0. The zero-order valence-electron chi connectivity index (χ0n) is 14.8. The van der Waals surface area contributed by atoms with E-state index in [9.17, 15) is 14.0 Å². The van der Waals surface area contributed by atoms with Gasteiger partial charge in [-0.15, -0.1) is 0 Å². The van der Waals surface area contributed by atoms with Crippen LogP contribution in [0.1, 0.15) is 0 Å². The van der Waals surface area contributed by atoms with Crippen molar-refractivity contribution in [1.29, 1.82) is 0 Å². The van der Waals surface area contributed by atoms with Crippen molar-refractivity contribution in [2.24, 2.45) is 0 Å². The molecule has 0 radical (unpaired) electrons. The van der Waals surface area contributed by atoms with Crippen LogP contribution in [0.25, 0.3) is 22.0 Å². The van der Waals surface area contributed by atoms with Gasteiger partial charge in [-0.1, -0.05) is 48.5 Å². The Morgan fingerprint density at radius 2 is 1.75 bits per heavy atom. The summed E-state index contributed by atoms with van der Waals surface area (Å²) in [6.45, 7) is -0.188. The Bertz CT molecular complexity index is 1230. The molecule has 0 aliphatic carbocycles. The number of aromatic nitrogens is 2. The number of carbonyl (C=O) groups excluding carboxylic acids is 1. The van der Waals surface area contributed by atoms with E-state index in [1.165, 1.54) is 23.0 Å². The molecule has 0 saturated heterocycles. The van der Waals surface area contributed by atoms with Gasteiger partial charge in [-0.05, 0) is 23.6 Å². The van der Waals surface area contributed by atoms with Crippen molar-refractivity contribution in [1.82, 2.24) is 9.55 Å². The van der Waals surface area contributed by atoms with Crippen molar-refractivity contribution in [2.75, 3.05) is 5.32 Å². The fourth-order valence-corrected chi connectivity index (χ4v) is 3.04. The van der Waals surface area contributed by atoms with Crippen molar-refractivity contribution >= 4 is 22.4 Å². The molecule has 28 heavy (non-hydrogen) atoms. The Balaban J connectivity index is 1.55. The fraction of sp³-hybridized carbons (Fsp3) is 0.0455. The van der Waals surface area contributed by atoms with Gasteiger partial charge in [0.05, 0.1) is 12.0 Å². The van der Waals surface area contributed by atoms with E-state index in [0.29, 0.717) is 5.69 Å². The van der Waals surface area contributed by atoms with Gasteiger partial charge in [0, 0.05) is 22.7 Å². The van der Waals surface area contributed by atoms with Crippen LogP contribution >= 0.6 is 0 Å². The maximum Gasteiger partial charge on any atom is 0.254 e. The van der Waals surface area contributed by atoms with Gasteiger partial charge < -0.3 is 5.32 Å². The third-order valence-corrected chi connectivity index (χ3v) is 4.41. The number of amides is 1. The van der Waals surface area contributed by atoms with Crippen molar-refractivity contribution in [3.05, 3.63) is 95.3 Å². The Kier molecular flexibility index (Phi) is 4.68. The minimum absolute atomic E-state index is 0.188. The standard InChI is InChI=1S/C22H16FN3O2/c23-18-10-4-3-9-17(18)20-12-22(28)26(14-24-20)13-21(27)25-19-11-5-7-15-6-1-2-8-16(15)19/h1-12,14H,13H2,(H,25,27). The molecule has 138 valence electrons. The molecule has 6 heteroatoms. The third kappa shape index (κ3) is 3.53. The highest BCUT2D eigenvalue weighted by Crippen LogP contribution is 2.23. The molecule has 1 amide bonds. The lowest BCUT2D eigenvalue weighted by Gasteiger charge is -2.10. The highest BCUT2D eigenvalue weighted by molar-refractivity contribution is 6.02. The summed E-state index contributed by atoms with van der Waals surface area (Å²) in [5, 5.41) is 4.75. The van der Waals surface area contributed by atoms with Crippen LogP contribution < -0.4 is 10.9 Å². The molecule has 0 aliphatic heterocycles. The van der Waals surface area contributed by atoms with Gasteiger partial charge in [0.15, 0.2) is 0 Å². The Hall–Kier alpha value is -3.80. The van der Waals surface area contributed by atoms with Crippen LogP contribution in [-0.2, 0) is 11.3 Å². The maximum atomic E-state index is 13.9. The number of carbonyl (C=O) groups is 1. The second-order valence-corrected chi connectivity index (χ2v) is 6.30. The van der Waals surface area contributed by atoms with Crippen molar-refractivity contribution < 1.29 is 9.18 Å². The second kappa shape index (κ2) is 7.44. The molecule has 4 rings (SSSR count). The van der Waals surface area contributed by atoms with Crippen LogP contribution in [0.4, 0.5) is 10.1 Å². The minimum atomic E-state index is -0.458. The first-order chi connectivity index (χ1) is 13.6. The molecular formula is C22H16FN3O2. The summed E-state index contributed by atoms with van der Waals surface area (Å²) in [5.41, 5.74) is 0.717. The first kappa shape index (κ1) is 17.6. The zero-order valence-corrected chi connectivity index (χ0v) is 14.8. The number of anilines is 1. The summed E-state index contributed by atoms with van der Waals surface area (Å²) in [4.78, 5) is 28.9. The maximum absolute atomic E-state index is 13.9. The highest BCUT2D eigenvalue weighted by Gasteiger charge is 2.11. The van der Waals surface area contributed by atoms with E-state index >= 15 is 0 Å². The topological polar surface area (TPSA) is 64.0 Å². The number of halogens is 1. The van der Waals surface area contributed by atoms with Gasteiger partial charge >= 0.3 is 0 Å². The van der Waals surface area contributed by atoms with Crippen molar-refractivity contribution in [3.63, 3.8) is 0 Å². The first-order valence-electron chi connectivity index (χ1n) is 8.71. The minimum Gasteiger partial charge on any atom is -0.324 e. The van der Waals surface area contributed by atoms with Gasteiger partial charge in [-0.2, -0.15) is 0 Å². The molecular weight excluding hydrogens is 357 g/mol. The van der Waals surface area contributed by atoms with E-state index in [4.69, 9.17) is 0 Å². The molecule has 1 N–H and O–H groups in total. The van der Waals surface area contributed by atoms with Gasteiger partial charge in [0.2, 0.25) is 5.91 Å². The van der Waals surface area contributed by atoms with E-state index in [1.807, 2.05) is 42.5 Å². The van der Waals surface area contributed by atoms with E-state index in [1.54, 1.807) is 18.2 Å². The summed E-state index contributed by atoms with van der Waals surface area (Å²) < 4.78 is 15.1. The first-order valence-corrected chi connectivity index (χ1v) is 8.71. The van der Waals surface area contributed by atoms with E-state index in [0.717, 1.165) is 10.8 Å². The Labute approximate surface area is 160 Å². The average Bonchev–Trinajstić information content (AvgIpc) is 2.70. The summed E-state index contributed by atoms with van der Waals surface area (Å²) in [5.74, 6) is -0.806. The summed E-state index contributed by atoms with van der Waals surface area (Å²) in [6, 6.07) is 20.6. The average molecular weight is 373 g/mol. The zero-order chi connectivity index (χ0) is 19.5. The molecule has 1 aromatic heterocycles. The van der Waals surface area contributed by atoms with Crippen LogP contribution in [0, 0.1) is 5.82 Å². The molecule has 0 unspecified atom stereocenters. The third-order valence-electron chi connectivity index (χ3n) is 4.41. The predicted octanol–water partition coefficient (Wildman–Crippen LogP) is 3.84. The number of rotatable bonds is 4. The smallest absolute Gasteiger partial charge is 0.254 e. The van der Waals surface area contributed by atoms with Gasteiger partial charge in [-0.25, -0.2) is 9.37 Å². The molecule has 1 heterocycles. The van der Waals surface area contributed by atoms with Crippen LogP contribution in [0.15, 0.2) is 83.9 Å². The van der Waals surface area contributed by atoms with Crippen molar-refractivity contribution in [3.8, 4) is 11.3 Å². The van der Waals surface area contributed by atoms with E-state index in [-0.39, 0.29) is 23.7 Å². The van der Waals surface area contributed by atoms with Gasteiger partial charge in [-0.3, -0.25) is 14.2 Å². The number of nitrogens with zero attached hydrogens (tertiary/aromatic N) is 2. The number of fused-ring (bicyclic) bond motifs is 1. The molecule has 0 bridgehead atoms. The van der Waals surface area contributed by atoms with Crippen LogP contribution in [-0.4, -0.2) is 15.5 Å². The monoisotopic (exact) mass is 373 g/mol.